The van der Waals surface area contributed by atoms with E-state index in [9.17, 15) is 18.5 Å². The third kappa shape index (κ3) is 7.22. The van der Waals surface area contributed by atoms with Crippen LogP contribution in [0.1, 0.15) is 30.4 Å². The number of thioether (sulfide) groups is 1. The molecule has 0 saturated carbocycles. The highest BCUT2D eigenvalue weighted by molar-refractivity contribution is 8.05. The Bertz CT molecular complexity index is 1010. The first-order chi connectivity index (χ1) is 14.6. The molecule has 10 heteroatoms. The third-order valence-corrected chi connectivity index (χ3v) is 6.06. The molecule has 0 heterocycles. The Balaban J connectivity index is 2.03. The van der Waals surface area contributed by atoms with E-state index in [-0.39, 0.29) is 28.3 Å². The van der Waals surface area contributed by atoms with Crippen LogP contribution in [0.2, 0.25) is 0 Å². The number of allylic oxidation sites excluding steroid dienone is 3. The SMILES string of the molecule is C=C(SC=C(CC(=O)O)c1ccc(C)c(F)c1F)[N+](=O)CCNC1=C(S)CCC(Cl)=C1. The number of halogens is 3. The van der Waals surface area contributed by atoms with E-state index in [0.29, 0.717) is 16.3 Å². The van der Waals surface area contributed by atoms with Crippen LogP contribution in [-0.2, 0) is 4.79 Å². The molecule has 2 rings (SSSR count). The molecule has 1 aliphatic carbocycles. The van der Waals surface area contributed by atoms with Crippen molar-refractivity contribution in [2.45, 2.75) is 26.2 Å². The van der Waals surface area contributed by atoms with E-state index < -0.39 is 24.0 Å². The van der Waals surface area contributed by atoms with Crippen LogP contribution in [0.25, 0.3) is 5.57 Å². The molecule has 0 radical (unpaired) electrons. The van der Waals surface area contributed by atoms with E-state index in [0.717, 1.165) is 35.2 Å². The van der Waals surface area contributed by atoms with Gasteiger partial charge in [0.05, 0.1) is 13.0 Å². The molecule has 0 unspecified atom stereocenters. The van der Waals surface area contributed by atoms with Crippen LogP contribution >= 0.6 is 36.0 Å². The zero-order valence-corrected chi connectivity index (χ0v) is 19.2. The lowest BCUT2D eigenvalue weighted by molar-refractivity contribution is -0.483. The Hall–Kier alpha value is -2.10. The fourth-order valence-corrected chi connectivity index (χ4v) is 3.87. The number of benzene rings is 1. The van der Waals surface area contributed by atoms with Crippen LogP contribution in [-0.4, -0.2) is 28.9 Å². The first kappa shape index (κ1) is 25.2. The second kappa shape index (κ2) is 11.5. The number of carbonyl (C=O) groups is 1. The van der Waals surface area contributed by atoms with Crippen LogP contribution in [0.4, 0.5) is 8.78 Å². The minimum atomic E-state index is -1.21. The monoisotopic (exact) mass is 487 g/mol. The van der Waals surface area contributed by atoms with Gasteiger partial charge in [0.1, 0.15) is 0 Å². The minimum Gasteiger partial charge on any atom is -0.481 e. The summed E-state index contributed by atoms with van der Waals surface area (Å²) in [5.41, 5.74) is 0.735. The number of nitrogens with one attached hydrogen (secondary N) is 1. The van der Waals surface area contributed by atoms with Crippen molar-refractivity contribution in [3.63, 3.8) is 0 Å². The fourth-order valence-electron chi connectivity index (χ4n) is 2.71. The highest BCUT2D eigenvalue weighted by Gasteiger charge is 2.20. The summed E-state index contributed by atoms with van der Waals surface area (Å²) in [7, 11) is 0. The third-order valence-electron chi connectivity index (χ3n) is 4.42. The summed E-state index contributed by atoms with van der Waals surface area (Å²) in [6.07, 6.45) is 2.68. The Labute approximate surface area is 193 Å². The molecule has 1 aromatic rings. The minimum absolute atomic E-state index is 0.0356. The van der Waals surface area contributed by atoms with Crippen LogP contribution in [0, 0.1) is 23.5 Å². The summed E-state index contributed by atoms with van der Waals surface area (Å²) >= 11 is 11.3. The second-order valence-corrected chi connectivity index (χ2v) is 8.73. The Kier molecular flexibility index (Phi) is 9.33. The summed E-state index contributed by atoms with van der Waals surface area (Å²) in [6.45, 7) is 5.44. The van der Waals surface area contributed by atoms with Gasteiger partial charge in [0.2, 0.25) is 6.54 Å². The van der Waals surface area contributed by atoms with Crippen molar-refractivity contribution in [2.75, 3.05) is 13.1 Å². The van der Waals surface area contributed by atoms with Crippen molar-refractivity contribution in [3.05, 3.63) is 78.5 Å². The van der Waals surface area contributed by atoms with E-state index in [4.69, 9.17) is 16.7 Å². The molecule has 1 aliphatic rings. The van der Waals surface area contributed by atoms with Gasteiger partial charge in [0, 0.05) is 30.9 Å². The number of carboxylic acid groups (broad SMARTS) is 1. The first-order valence-corrected chi connectivity index (χ1v) is 11.0. The molecule has 1 aromatic carbocycles. The van der Waals surface area contributed by atoms with Gasteiger partial charge in [0.25, 0.3) is 5.03 Å². The molecule has 5 nitrogen and oxygen atoms in total. The first-order valence-electron chi connectivity index (χ1n) is 9.28. The van der Waals surface area contributed by atoms with E-state index >= 15 is 0 Å². The smallest absolute Gasteiger partial charge is 0.307 e. The van der Waals surface area contributed by atoms with Crippen molar-refractivity contribution >= 4 is 47.5 Å². The molecule has 0 fully saturated rings. The van der Waals surface area contributed by atoms with Gasteiger partial charge in [0.15, 0.2) is 11.6 Å². The van der Waals surface area contributed by atoms with Crippen molar-refractivity contribution in [1.29, 1.82) is 0 Å². The van der Waals surface area contributed by atoms with Crippen molar-refractivity contribution < 1.29 is 23.4 Å². The summed E-state index contributed by atoms with van der Waals surface area (Å²) in [6, 6.07) is 2.68. The summed E-state index contributed by atoms with van der Waals surface area (Å²) in [5, 5.41) is 14.3. The molecule has 0 bridgehead atoms. The van der Waals surface area contributed by atoms with Gasteiger partial charge in [-0.05, 0) is 60.7 Å². The zero-order valence-electron chi connectivity index (χ0n) is 16.8. The molecule has 0 saturated heterocycles. The molecule has 166 valence electrons. The van der Waals surface area contributed by atoms with Gasteiger partial charge in [-0.2, -0.15) is 0 Å². The maximum atomic E-state index is 14.3. The lowest BCUT2D eigenvalue weighted by atomic mass is 10.0. The second-order valence-electron chi connectivity index (χ2n) is 6.76. The zero-order chi connectivity index (χ0) is 23.1. The number of carboxylic acids is 1. The van der Waals surface area contributed by atoms with E-state index in [1.807, 2.05) is 0 Å². The molecule has 0 aromatic heterocycles. The van der Waals surface area contributed by atoms with Gasteiger partial charge in [-0.15, -0.1) is 12.6 Å². The predicted molar refractivity (Wildman–Crippen MR) is 124 cm³/mol. The van der Waals surface area contributed by atoms with Crippen LogP contribution in [0.15, 0.2) is 50.9 Å². The quantitative estimate of drug-likeness (QED) is 0.291. The van der Waals surface area contributed by atoms with Crippen LogP contribution in [0.3, 0.4) is 0 Å². The van der Waals surface area contributed by atoms with E-state index in [1.54, 1.807) is 6.08 Å². The predicted octanol–water partition coefficient (Wildman–Crippen LogP) is 5.72. The number of hydrogen-bond donors (Lipinski definition) is 3. The lowest BCUT2D eigenvalue weighted by Crippen LogP contribution is -2.23. The average Bonchev–Trinajstić information content (AvgIpc) is 2.71. The van der Waals surface area contributed by atoms with Crippen LogP contribution < -0.4 is 5.32 Å². The topological polar surface area (TPSA) is 69.4 Å². The number of aliphatic carboxylic acids is 1. The van der Waals surface area contributed by atoms with Crippen LogP contribution in [0.5, 0.6) is 0 Å². The highest BCUT2D eigenvalue weighted by Crippen LogP contribution is 2.30. The van der Waals surface area contributed by atoms with Gasteiger partial charge in [-0.1, -0.05) is 23.7 Å². The molecule has 0 spiro atoms. The number of hydrogen-bond acceptors (Lipinski definition) is 5. The summed E-state index contributed by atoms with van der Waals surface area (Å²) in [5.74, 6) is -3.38. The normalized spacial score (nSPS) is 14.4. The average molecular weight is 488 g/mol. The van der Waals surface area contributed by atoms with Crippen molar-refractivity contribution in [3.8, 4) is 0 Å². The summed E-state index contributed by atoms with van der Waals surface area (Å²) < 4.78 is 28.8. The molecule has 31 heavy (non-hydrogen) atoms. The van der Waals surface area contributed by atoms with Gasteiger partial charge in [-0.3, -0.25) is 4.79 Å². The van der Waals surface area contributed by atoms with Gasteiger partial charge >= 0.3 is 5.97 Å². The van der Waals surface area contributed by atoms with Crippen molar-refractivity contribution in [2.24, 2.45) is 0 Å². The van der Waals surface area contributed by atoms with Gasteiger partial charge in [-0.25, -0.2) is 8.78 Å². The maximum absolute atomic E-state index is 14.3. The maximum Gasteiger partial charge on any atom is 0.307 e. The number of rotatable bonds is 10. The fraction of sp³-hybridized carbons (Fsp3) is 0.286. The Morgan fingerprint density at radius 1 is 1.39 bits per heavy atom. The van der Waals surface area contributed by atoms with E-state index in [2.05, 4.69) is 24.5 Å². The lowest BCUT2D eigenvalue weighted by Gasteiger charge is -2.14. The standard InChI is InChI=1S/C21H21ClF2N2O3S2/c1-12-3-5-16(21(24)20(12)23)14(9-19(27)28)11-31-13(2)26(29)8-7-25-17-10-15(22)4-6-18(17)30/h3,5,10-11,25H,2,4,6-9H2,1H3,(H-,27,28,30)/p+1. The van der Waals surface area contributed by atoms with Crippen molar-refractivity contribution in [1.82, 2.24) is 5.32 Å². The number of thiol groups is 1. The number of nitrogens with zero attached hydrogens (tertiary/aromatic N) is 1. The molecular formula is C21H22ClF2N2O3S2+. The van der Waals surface area contributed by atoms with Gasteiger partial charge < -0.3 is 10.4 Å². The molecule has 0 aliphatic heterocycles. The van der Waals surface area contributed by atoms with E-state index in [1.165, 1.54) is 24.5 Å². The number of nitroso groups, excluding NO2 is 1. The molecular weight excluding hydrogens is 466 g/mol. The Morgan fingerprint density at radius 2 is 2.10 bits per heavy atom. The molecule has 0 atom stereocenters. The molecule has 2 N–H and O–H groups in total. The Morgan fingerprint density at radius 3 is 2.77 bits per heavy atom. The highest BCUT2D eigenvalue weighted by atomic mass is 35.5. The largest absolute Gasteiger partial charge is 0.481 e. The number of aryl methyl sites for hydroxylation is 1. The molecule has 0 amide bonds. The summed E-state index contributed by atoms with van der Waals surface area (Å²) in [4.78, 5) is 24.3.